The van der Waals surface area contributed by atoms with E-state index >= 15 is 0 Å². The van der Waals surface area contributed by atoms with Gasteiger partial charge in [0.1, 0.15) is 0 Å². The molecule has 50 heavy (non-hydrogen) atoms. The average molecular weight is 640 g/mol. The SMILES string of the molecule is CC1(C)c2ccccc2-c2ccc(N(c3ccccc3)c3cccc(-c4cccc5ccccc45)c3-c3ccccc3-c3ccccc3)cc21. The maximum Gasteiger partial charge on any atom is 0.0546 e. The summed E-state index contributed by atoms with van der Waals surface area (Å²) < 4.78 is 0. The number of benzene rings is 8. The Hall–Kier alpha value is -6.18. The molecule has 0 fully saturated rings. The minimum atomic E-state index is -0.113. The van der Waals surface area contributed by atoms with Crippen LogP contribution in [0.2, 0.25) is 0 Å². The van der Waals surface area contributed by atoms with Gasteiger partial charge in [-0.3, -0.25) is 0 Å². The van der Waals surface area contributed by atoms with Gasteiger partial charge in [-0.2, -0.15) is 0 Å². The van der Waals surface area contributed by atoms with E-state index in [1.165, 1.54) is 66.4 Å². The van der Waals surface area contributed by atoms with E-state index in [4.69, 9.17) is 0 Å². The van der Waals surface area contributed by atoms with Crippen molar-refractivity contribution in [3.05, 3.63) is 199 Å². The van der Waals surface area contributed by atoms with Crippen LogP contribution in [-0.4, -0.2) is 0 Å². The molecule has 0 amide bonds. The molecule has 238 valence electrons. The molecular formula is C49H37N. The monoisotopic (exact) mass is 639 g/mol. The van der Waals surface area contributed by atoms with Gasteiger partial charge in [-0.1, -0.05) is 172 Å². The Morgan fingerprint density at radius 2 is 0.960 bits per heavy atom. The third-order valence-corrected chi connectivity index (χ3v) is 10.5. The Balaban J connectivity index is 1.36. The van der Waals surface area contributed by atoms with Crippen molar-refractivity contribution in [2.24, 2.45) is 0 Å². The second kappa shape index (κ2) is 12.1. The lowest BCUT2D eigenvalue weighted by Crippen LogP contribution is -2.17. The number of para-hydroxylation sites is 1. The molecule has 1 heteroatoms. The summed E-state index contributed by atoms with van der Waals surface area (Å²) in [6.45, 7) is 4.72. The number of anilines is 3. The predicted octanol–water partition coefficient (Wildman–Crippen LogP) is 13.6. The minimum Gasteiger partial charge on any atom is -0.310 e. The van der Waals surface area contributed by atoms with E-state index < -0.39 is 0 Å². The molecule has 0 atom stereocenters. The third-order valence-electron chi connectivity index (χ3n) is 10.5. The Labute approximate surface area is 294 Å². The largest absolute Gasteiger partial charge is 0.310 e. The molecule has 0 spiro atoms. The normalized spacial score (nSPS) is 12.8. The van der Waals surface area contributed by atoms with E-state index in [-0.39, 0.29) is 5.41 Å². The van der Waals surface area contributed by atoms with Gasteiger partial charge in [0.15, 0.2) is 0 Å². The highest BCUT2D eigenvalue weighted by atomic mass is 15.1. The van der Waals surface area contributed by atoms with E-state index in [1.807, 2.05) is 0 Å². The molecule has 0 saturated heterocycles. The summed E-state index contributed by atoms with van der Waals surface area (Å²) in [5.41, 5.74) is 15.9. The Morgan fingerprint density at radius 1 is 0.380 bits per heavy atom. The maximum absolute atomic E-state index is 2.46. The van der Waals surface area contributed by atoms with Crippen LogP contribution in [0.1, 0.15) is 25.0 Å². The van der Waals surface area contributed by atoms with Gasteiger partial charge < -0.3 is 4.90 Å². The predicted molar refractivity (Wildman–Crippen MR) is 213 cm³/mol. The summed E-state index contributed by atoms with van der Waals surface area (Å²) in [5.74, 6) is 0. The standard InChI is InChI=1S/C49H37N/c1-49(2)45-29-14-13-25-41(45)42-32-31-37(33-46(42)49)50(36-21-7-4-8-22-36)47-30-16-28-44(40-27-15-20-35-19-9-10-23-38(35)40)48(47)43-26-12-11-24-39(43)34-17-5-3-6-18-34/h3-33H,1-2H3. The fourth-order valence-corrected chi connectivity index (χ4v) is 8.10. The first-order chi connectivity index (χ1) is 24.6. The van der Waals surface area contributed by atoms with Crippen molar-refractivity contribution >= 4 is 27.8 Å². The number of nitrogens with zero attached hydrogens (tertiary/aromatic N) is 1. The van der Waals surface area contributed by atoms with Crippen LogP contribution in [0.4, 0.5) is 17.1 Å². The van der Waals surface area contributed by atoms with Crippen LogP contribution in [0.3, 0.4) is 0 Å². The van der Waals surface area contributed by atoms with Crippen LogP contribution in [0, 0.1) is 0 Å². The van der Waals surface area contributed by atoms with Crippen LogP contribution in [-0.2, 0) is 5.41 Å². The number of hydrogen-bond acceptors (Lipinski definition) is 1. The third kappa shape index (κ3) is 4.85. The van der Waals surface area contributed by atoms with E-state index in [2.05, 4.69) is 207 Å². The van der Waals surface area contributed by atoms with Crippen LogP contribution >= 0.6 is 0 Å². The molecule has 0 bridgehead atoms. The van der Waals surface area contributed by atoms with Gasteiger partial charge in [-0.25, -0.2) is 0 Å². The van der Waals surface area contributed by atoms with Crippen molar-refractivity contribution in [2.45, 2.75) is 19.3 Å². The first-order valence-electron chi connectivity index (χ1n) is 17.5. The van der Waals surface area contributed by atoms with Gasteiger partial charge in [0, 0.05) is 22.4 Å². The van der Waals surface area contributed by atoms with E-state index in [0.29, 0.717) is 0 Å². The summed E-state index contributed by atoms with van der Waals surface area (Å²) >= 11 is 0. The Bertz CT molecular complexity index is 2500. The van der Waals surface area contributed by atoms with Gasteiger partial charge in [0.05, 0.1) is 5.69 Å². The van der Waals surface area contributed by atoms with Gasteiger partial charge in [-0.15, -0.1) is 0 Å². The molecule has 0 N–H and O–H groups in total. The summed E-state index contributed by atoms with van der Waals surface area (Å²) in [7, 11) is 0. The van der Waals surface area contributed by atoms with Crippen molar-refractivity contribution in [2.75, 3.05) is 4.90 Å². The van der Waals surface area contributed by atoms with Crippen molar-refractivity contribution in [1.82, 2.24) is 0 Å². The van der Waals surface area contributed by atoms with Gasteiger partial charge in [0.25, 0.3) is 0 Å². The van der Waals surface area contributed by atoms with Crippen LogP contribution in [0.15, 0.2) is 188 Å². The topological polar surface area (TPSA) is 3.24 Å². The maximum atomic E-state index is 2.46. The van der Waals surface area contributed by atoms with Gasteiger partial charge >= 0.3 is 0 Å². The first kappa shape index (κ1) is 29.9. The lowest BCUT2D eigenvalue weighted by molar-refractivity contribution is 0.660. The molecule has 9 rings (SSSR count). The lowest BCUT2D eigenvalue weighted by Gasteiger charge is -2.31. The highest BCUT2D eigenvalue weighted by Gasteiger charge is 2.36. The molecule has 1 nitrogen and oxygen atoms in total. The van der Waals surface area contributed by atoms with E-state index in [9.17, 15) is 0 Å². The number of fused-ring (bicyclic) bond motifs is 4. The van der Waals surface area contributed by atoms with Crippen LogP contribution in [0.5, 0.6) is 0 Å². The molecular weight excluding hydrogens is 603 g/mol. The molecule has 8 aromatic rings. The molecule has 0 aromatic heterocycles. The summed E-state index contributed by atoms with van der Waals surface area (Å²) in [6, 6.07) is 68.7. The lowest BCUT2D eigenvalue weighted by atomic mass is 9.82. The van der Waals surface area contributed by atoms with Gasteiger partial charge in [0.2, 0.25) is 0 Å². The average Bonchev–Trinajstić information content (AvgIpc) is 3.41. The quantitative estimate of drug-likeness (QED) is 0.175. The molecule has 0 aliphatic heterocycles. The molecule has 0 saturated carbocycles. The summed E-state index contributed by atoms with van der Waals surface area (Å²) in [4.78, 5) is 2.46. The van der Waals surface area contributed by atoms with E-state index in [1.54, 1.807) is 0 Å². The first-order valence-corrected chi connectivity index (χ1v) is 17.5. The van der Waals surface area contributed by atoms with Crippen molar-refractivity contribution < 1.29 is 0 Å². The van der Waals surface area contributed by atoms with Crippen molar-refractivity contribution in [3.8, 4) is 44.5 Å². The van der Waals surface area contributed by atoms with Crippen molar-refractivity contribution in [3.63, 3.8) is 0 Å². The zero-order valence-corrected chi connectivity index (χ0v) is 28.3. The number of rotatable bonds is 6. The molecule has 8 aromatic carbocycles. The zero-order chi connectivity index (χ0) is 33.7. The summed E-state index contributed by atoms with van der Waals surface area (Å²) in [5, 5.41) is 2.48. The number of hydrogen-bond donors (Lipinski definition) is 0. The fourth-order valence-electron chi connectivity index (χ4n) is 8.10. The molecule has 1 aliphatic rings. The van der Waals surface area contributed by atoms with Crippen molar-refractivity contribution in [1.29, 1.82) is 0 Å². The molecule has 0 heterocycles. The molecule has 0 radical (unpaired) electrons. The van der Waals surface area contributed by atoms with Crippen LogP contribution in [0.25, 0.3) is 55.3 Å². The van der Waals surface area contributed by atoms with E-state index in [0.717, 1.165) is 17.1 Å². The van der Waals surface area contributed by atoms with Gasteiger partial charge in [-0.05, 0) is 91.2 Å². The Kier molecular flexibility index (Phi) is 7.21. The Morgan fingerprint density at radius 3 is 1.78 bits per heavy atom. The molecule has 1 aliphatic carbocycles. The second-order valence-corrected chi connectivity index (χ2v) is 13.7. The highest BCUT2D eigenvalue weighted by molar-refractivity contribution is 6.06. The summed E-state index contributed by atoms with van der Waals surface area (Å²) in [6.07, 6.45) is 0. The highest BCUT2D eigenvalue weighted by Crippen LogP contribution is 2.53. The van der Waals surface area contributed by atoms with Crippen LogP contribution < -0.4 is 4.90 Å². The fraction of sp³-hybridized carbons (Fsp3) is 0.0612. The minimum absolute atomic E-state index is 0.113. The second-order valence-electron chi connectivity index (χ2n) is 13.7. The smallest absolute Gasteiger partial charge is 0.0546 e. The zero-order valence-electron chi connectivity index (χ0n) is 28.3. The molecule has 0 unspecified atom stereocenters.